The maximum absolute atomic E-state index is 12.8. The first kappa shape index (κ1) is 16.8. The van der Waals surface area contributed by atoms with Crippen LogP contribution in [0.3, 0.4) is 0 Å². The van der Waals surface area contributed by atoms with E-state index < -0.39 is 0 Å². The minimum atomic E-state index is 0.160. The normalized spacial score (nSPS) is 22.8. The van der Waals surface area contributed by atoms with Crippen LogP contribution in [-0.4, -0.2) is 42.0 Å². The van der Waals surface area contributed by atoms with Gasteiger partial charge in [0.2, 0.25) is 5.91 Å². The summed E-state index contributed by atoms with van der Waals surface area (Å²) in [6.07, 6.45) is 6.93. The molecule has 2 saturated heterocycles. The zero-order chi connectivity index (χ0) is 16.9. The van der Waals surface area contributed by atoms with Crippen molar-refractivity contribution in [2.45, 2.75) is 39.0 Å². The van der Waals surface area contributed by atoms with Gasteiger partial charge in [-0.2, -0.15) is 5.26 Å². The lowest BCUT2D eigenvalue weighted by Crippen LogP contribution is -2.43. The molecule has 0 radical (unpaired) electrons. The van der Waals surface area contributed by atoms with E-state index in [1.54, 1.807) is 12.3 Å². The molecule has 1 amide bonds. The fourth-order valence-corrected chi connectivity index (χ4v) is 3.74. The molecule has 1 atom stereocenters. The first-order valence-electron chi connectivity index (χ1n) is 9.07. The predicted octanol–water partition coefficient (Wildman–Crippen LogP) is 2.82. The Morgan fingerprint density at radius 3 is 2.62 bits per heavy atom. The van der Waals surface area contributed by atoms with Gasteiger partial charge in [-0.05, 0) is 50.2 Å². The van der Waals surface area contributed by atoms with E-state index in [0.29, 0.717) is 11.5 Å². The molecule has 0 bridgehead atoms. The summed E-state index contributed by atoms with van der Waals surface area (Å²) >= 11 is 0. The first-order chi connectivity index (χ1) is 11.7. The molecule has 1 aromatic rings. The Bertz CT molecular complexity index is 599. The molecule has 5 nitrogen and oxygen atoms in total. The number of nitriles is 1. The number of rotatable bonds is 2. The van der Waals surface area contributed by atoms with E-state index in [2.05, 4.69) is 27.8 Å². The number of hydrogen-bond donors (Lipinski definition) is 0. The third kappa shape index (κ3) is 3.87. The molecule has 0 unspecified atom stereocenters. The number of amides is 1. The van der Waals surface area contributed by atoms with Gasteiger partial charge >= 0.3 is 0 Å². The standard InChI is InChI=1S/C19H26N4O/c1-15-3-2-9-23(10-6-15)19(24)17-7-11-22(12-8-17)18-5-4-16(13-20)14-21-18/h4-5,14-15,17H,2-3,6-12H2,1H3/t15-/m0/s1. The summed E-state index contributed by atoms with van der Waals surface area (Å²) in [5.41, 5.74) is 0.583. The average Bonchev–Trinajstić information content (AvgIpc) is 2.86. The van der Waals surface area contributed by atoms with E-state index in [1.165, 1.54) is 6.42 Å². The Labute approximate surface area is 144 Å². The van der Waals surface area contributed by atoms with Crippen molar-refractivity contribution in [1.29, 1.82) is 5.26 Å². The number of hydrogen-bond acceptors (Lipinski definition) is 4. The molecule has 0 N–H and O–H groups in total. The van der Waals surface area contributed by atoms with E-state index in [9.17, 15) is 4.79 Å². The molecule has 128 valence electrons. The zero-order valence-corrected chi connectivity index (χ0v) is 14.4. The smallest absolute Gasteiger partial charge is 0.225 e. The summed E-state index contributed by atoms with van der Waals surface area (Å²) in [5, 5.41) is 8.85. The topological polar surface area (TPSA) is 60.2 Å². The van der Waals surface area contributed by atoms with Crippen LogP contribution in [0.5, 0.6) is 0 Å². The summed E-state index contributed by atoms with van der Waals surface area (Å²) in [5.74, 6) is 2.17. The Hall–Kier alpha value is -2.09. The maximum atomic E-state index is 12.8. The maximum Gasteiger partial charge on any atom is 0.225 e. The molecule has 0 aliphatic carbocycles. The van der Waals surface area contributed by atoms with Gasteiger partial charge in [-0.3, -0.25) is 4.79 Å². The average molecular weight is 326 g/mol. The number of nitrogens with zero attached hydrogens (tertiary/aromatic N) is 4. The summed E-state index contributed by atoms with van der Waals surface area (Å²) < 4.78 is 0. The number of carbonyl (C=O) groups excluding carboxylic acids is 1. The van der Waals surface area contributed by atoms with Crippen molar-refractivity contribution in [2.75, 3.05) is 31.1 Å². The van der Waals surface area contributed by atoms with E-state index in [1.807, 2.05) is 6.07 Å². The number of pyridine rings is 1. The Balaban J connectivity index is 1.54. The van der Waals surface area contributed by atoms with Crippen molar-refractivity contribution in [1.82, 2.24) is 9.88 Å². The van der Waals surface area contributed by atoms with Crippen molar-refractivity contribution in [3.63, 3.8) is 0 Å². The molecule has 0 saturated carbocycles. The number of likely N-dealkylation sites (tertiary alicyclic amines) is 1. The molecule has 3 heterocycles. The Kier molecular flexibility index (Phi) is 5.34. The molecule has 5 heteroatoms. The van der Waals surface area contributed by atoms with Crippen LogP contribution in [0, 0.1) is 23.2 Å². The number of piperidine rings is 1. The van der Waals surface area contributed by atoms with Gasteiger partial charge in [-0.1, -0.05) is 6.92 Å². The van der Waals surface area contributed by atoms with Crippen molar-refractivity contribution in [2.24, 2.45) is 11.8 Å². The second-order valence-electron chi connectivity index (χ2n) is 7.14. The van der Waals surface area contributed by atoms with Crippen molar-refractivity contribution in [3.05, 3.63) is 23.9 Å². The van der Waals surface area contributed by atoms with Crippen LogP contribution in [0.2, 0.25) is 0 Å². The van der Waals surface area contributed by atoms with Crippen molar-refractivity contribution >= 4 is 11.7 Å². The minimum absolute atomic E-state index is 0.160. The molecule has 3 rings (SSSR count). The van der Waals surface area contributed by atoms with E-state index in [4.69, 9.17) is 5.26 Å². The fraction of sp³-hybridized carbons (Fsp3) is 0.632. The number of aromatic nitrogens is 1. The van der Waals surface area contributed by atoms with Crippen LogP contribution in [0.15, 0.2) is 18.3 Å². The predicted molar refractivity (Wildman–Crippen MR) is 93.5 cm³/mol. The molecule has 0 aromatic carbocycles. The molecular formula is C19H26N4O. The van der Waals surface area contributed by atoms with Crippen LogP contribution in [-0.2, 0) is 4.79 Å². The van der Waals surface area contributed by atoms with E-state index in [-0.39, 0.29) is 5.92 Å². The Morgan fingerprint density at radius 2 is 1.96 bits per heavy atom. The molecule has 2 fully saturated rings. The third-order valence-electron chi connectivity index (χ3n) is 5.37. The largest absolute Gasteiger partial charge is 0.357 e. The highest BCUT2D eigenvalue weighted by molar-refractivity contribution is 5.79. The highest BCUT2D eigenvalue weighted by atomic mass is 16.2. The van der Waals surface area contributed by atoms with E-state index >= 15 is 0 Å². The van der Waals surface area contributed by atoms with Gasteiger partial charge in [-0.15, -0.1) is 0 Å². The second kappa shape index (κ2) is 7.65. The summed E-state index contributed by atoms with van der Waals surface area (Å²) in [7, 11) is 0. The van der Waals surface area contributed by atoms with Crippen LogP contribution < -0.4 is 4.90 Å². The first-order valence-corrected chi connectivity index (χ1v) is 9.07. The van der Waals surface area contributed by atoms with Gasteiger partial charge in [-0.25, -0.2) is 4.98 Å². The van der Waals surface area contributed by atoms with Gasteiger partial charge < -0.3 is 9.80 Å². The highest BCUT2D eigenvalue weighted by Crippen LogP contribution is 2.25. The lowest BCUT2D eigenvalue weighted by atomic mass is 9.95. The Morgan fingerprint density at radius 1 is 1.17 bits per heavy atom. The molecule has 2 aliphatic rings. The van der Waals surface area contributed by atoms with Crippen molar-refractivity contribution < 1.29 is 4.79 Å². The quantitative estimate of drug-likeness (QED) is 0.838. The van der Waals surface area contributed by atoms with Gasteiger partial charge in [0.05, 0.1) is 5.56 Å². The molecule has 0 spiro atoms. The summed E-state index contributed by atoms with van der Waals surface area (Å²) in [6, 6.07) is 5.80. The summed E-state index contributed by atoms with van der Waals surface area (Å²) in [6.45, 7) is 5.87. The van der Waals surface area contributed by atoms with E-state index in [0.717, 1.165) is 63.6 Å². The third-order valence-corrected chi connectivity index (χ3v) is 5.37. The molecule has 1 aromatic heterocycles. The van der Waals surface area contributed by atoms with Gasteiger partial charge in [0, 0.05) is 38.3 Å². The van der Waals surface area contributed by atoms with Gasteiger partial charge in [0.25, 0.3) is 0 Å². The van der Waals surface area contributed by atoms with Crippen LogP contribution in [0.4, 0.5) is 5.82 Å². The number of carbonyl (C=O) groups is 1. The SMILES string of the molecule is C[C@H]1CCCN(C(=O)C2CCN(c3ccc(C#N)cn3)CC2)CC1. The molecule has 2 aliphatic heterocycles. The monoisotopic (exact) mass is 326 g/mol. The van der Waals surface area contributed by atoms with Gasteiger partial charge in [0.1, 0.15) is 11.9 Å². The van der Waals surface area contributed by atoms with Crippen LogP contribution in [0.25, 0.3) is 0 Å². The second-order valence-corrected chi connectivity index (χ2v) is 7.14. The van der Waals surface area contributed by atoms with Crippen molar-refractivity contribution in [3.8, 4) is 6.07 Å². The van der Waals surface area contributed by atoms with Gasteiger partial charge in [0.15, 0.2) is 0 Å². The highest BCUT2D eigenvalue weighted by Gasteiger charge is 2.29. The zero-order valence-electron chi connectivity index (χ0n) is 14.4. The minimum Gasteiger partial charge on any atom is -0.357 e. The van der Waals surface area contributed by atoms with Crippen LogP contribution >= 0.6 is 0 Å². The molecule has 24 heavy (non-hydrogen) atoms. The molecular weight excluding hydrogens is 300 g/mol. The number of anilines is 1. The summed E-state index contributed by atoms with van der Waals surface area (Å²) in [4.78, 5) is 21.5. The lowest BCUT2D eigenvalue weighted by Gasteiger charge is -2.34. The lowest BCUT2D eigenvalue weighted by molar-refractivity contribution is -0.136. The van der Waals surface area contributed by atoms with Crippen LogP contribution in [0.1, 0.15) is 44.6 Å². The fourth-order valence-electron chi connectivity index (χ4n) is 3.74.